The third-order valence-corrected chi connectivity index (χ3v) is 4.89. The summed E-state index contributed by atoms with van der Waals surface area (Å²) in [6, 6.07) is 19.6. The molecule has 7 heteroatoms. The van der Waals surface area contributed by atoms with Crippen LogP contribution in [0.5, 0.6) is 17.2 Å². The number of fused-ring (bicyclic) bond motifs is 1. The molecule has 0 saturated heterocycles. The summed E-state index contributed by atoms with van der Waals surface area (Å²) < 4.78 is 30.7. The Bertz CT molecular complexity index is 1280. The van der Waals surface area contributed by atoms with Gasteiger partial charge in [-0.1, -0.05) is 30.3 Å². The fourth-order valence-electron chi connectivity index (χ4n) is 3.29. The fraction of sp³-hybridized carbons (Fsp3) is 0.120. The van der Waals surface area contributed by atoms with Gasteiger partial charge in [-0.15, -0.1) is 0 Å². The van der Waals surface area contributed by atoms with Crippen LogP contribution < -0.4 is 14.2 Å². The first kappa shape index (κ1) is 20.9. The molecule has 4 rings (SSSR count). The van der Waals surface area contributed by atoms with E-state index in [9.17, 15) is 9.65 Å². The number of nitrogens with one attached hydrogen (secondary N) is 1. The van der Waals surface area contributed by atoms with Crippen LogP contribution in [0.25, 0.3) is 22.7 Å². The van der Waals surface area contributed by atoms with E-state index in [4.69, 9.17) is 14.2 Å². The first-order chi connectivity index (χ1) is 15.6. The molecule has 1 aromatic heterocycles. The monoisotopic (exact) mass is 429 g/mol. The molecule has 0 atom stereocenters. The summed E-state index contributed by atoms with van der Waals surface area (Å²) in [6.45, 7) is 0.0109. The molecular weight excluding hydrogens is 409 g/mol. The molecule has 0 saturated carbocycles. The smallest absolute Gasteiger partial charge is 0.203 e. The summed E-state index contributed by atoms with van der Waals surface area (Å²) >= 11 is 0. The number of nitrogens with zero attached hydrogens (tertiary/aromatic N) is 2. The van der Waals surface area contributed by atoms with Crippen molar-refractivity contribution in [3.05, 3.63) is 83.4 Å². The van der Waals surface area contributed by atoms with E-state index in [0.29, 0.717) is 39.8 Å². The van der Waals surface area contributed by atoms with Crippen LogP contribution in [0, 0.1) is 17.1 Å². The lowest BCUT2D eigenvalue weighted by molar-refractivity contribution is 0.262. The number of methoxy groups -OCH3 is 2. The molecule has 0 aliphatic rings. The second-order valence-electron chi connectivity index (χ2n) is 6.91. The summed E-state index contributed by atoms with van der Waals surface area (Å²) in [7, 11) is 3.01. The van der Waals surface area contributed by atoms with Gasteiger partial charge >= 0.3 is 0 Å². The number of nitriles is 1. The first-order valence-electron chi connectivity index (χ1n) is 9.82. The van der Waals surface area contributed by atoms with Crippen LogP contribution in [0.2, 0.25) is 0 Å². The minimum atomic E-state index is -0.352. The molecule has 0 unspecified atom stereocenters. The van der Waals surface area contributed by atoms with Gasteiger partial charge in [-0.3, -0.25) is 0 Å². The molecular formula is C25H20FN3O3. The molecule has 0 bridgehead atoms. The summed E-state index contributed by atoms with van der Waals surface area (Å²) in [5, 5.41) is 9.71. The minimum absolute atomic E-state index is 0.0109. The minimum Gasteiger partial charge on any atom is -0.493 e. The van der Waals surface area contributed by atoms with Gasteiger partial charge in [0.2, 0.25) is 5.75 Å². The summed E-state index contributed by atoms with van der Waals surface area (Å²) in [4.78, 5) is 7.64. The number of rotatable bonds is 7. The standard InChI is InChI=1S/C25H20FN3O3/c1-30-22-12-16(11-18(14-27)25-28-20-9-5-6-10-21(20)29-25)13-23(31-2)24(22)32-15-17-7-3-4-8-19(17)26/h3-13H,15H2,1-2H3,(H,28,29)/b18-11+. The molecule has 160 valence electrons. The van der Waals surface area contributed by atoms with Crippen molar-refractivity contribution >= 4 is 22.7 Å². The van der Waals surface area contributed by atoms with Crippen molar-refractivity contribution in [2.75, 3.05) is 14.2 Å². The number of para-hydroxylation sites is 2. The molecule has 32 heavy (non-hydrogen) atoms. The number of allylic oxidation sites excluding steroid dienone is 1. The van der Waals surface area contributed by atoms with Crippen molar-refractivity contribution in [3.8, 4) is 23.3 Å². The zero-order valence-corrected chi connectivity index (χ0v) is 17.6. The molecule has 6 nitrogen and oxygen atoms in total. The Kier molecular flexibility index (Phi) is 6.04. The van der Waals surface area contributed by atoms with Gasteiger partial charge in [-0.25, -0.2) is 9.37 Å². The topological polar surface area (TPSA) is 80.2 Å². The number of hydrogen-bond donors (Lipinski definition) is 1. The van der Waals surface area contributed by atoms with E-state index in [1.54, 1.807) is 36.4 Å². The van der Waals surface area contributed by atoms with Crippen LogP contribution in [-0.4, -0.2) is 24.2 Å². The Balaban J connectivity index is 1.68. The average Bonchev–Trinajstić information content (AvgIpc) is 3.26. The number of halogens is 1. The lowest BCUT2D eigenvalue weighted by Gasteiger charge is -2.15. The van der Waals surface area contributed by atoms with Gasteiger partial charge < -0.3 is 19.2 Å². The highest BCUT2D eigenvalue weighted by molar-refractivity contribution is 5.90. The number of benzene rings is 3. The normalized spacial score (nSPS) is 11.2. The van der Waals surface area contributed by atoms with Gasteiger partial charge in [-0.2, -0.15) is 5.26 Å². The number of aromatic amines is 1. The van der Waals surface area contributed by atoms with Crippen molar-refractivity contribution in [3.63, 3.8) is 0 Å². The van der Waals surface area contributed by atoms with E-state index >= 15 is 0 Å². The van der Waals surface area contributed by atoms with E-state index in [0.717, 1.165) is 11.0 Å². The van der Waals surface area contributed by atoms with Crippen LogP contribution in [-0.2, 0) is 6.61 Å². The molecule has 0 radical (unpaired) electrons. The number of hydrogen-bond acceptors (Lipinski definition) is 5. The quantitative estimate of drug-likeness (QED) is 0.400. The van der Waals surface area contributed by atoms with Gasteiger partial charge in [0.25, 0.3) is 0 Å². The predicted molar refractivity (Wildman–Crippen MR) is 120 cm³/mol. The highest BCUT2D eigenvalue weighted by Crippen LogP contribution is 2.40. The molecule has 3 aromatic carbocycles. The molecule has 0 amide bonds. The average molecular weight is 429 g/mol. The molecule has 0 spiro atoms. The lowest BCUT2D eigenvalue weighted by Crippen LogP contribution is -2.02. The van der Waals surface area contributed by atoms with Crippen LogP contribution in [0.15, 0.2) is 60.7 Å². The molecule has 0 aliphatic heterocycles. The second kappa shape index (κ2) is 9.23. The van der Waals surface area contributed by atoms with Gasteiger partial charge in [0, 0.05) is 5.56 Å². The Morgan fingerprint density at radius 3 is 2.41 bits per heavy atom. The number of ether oxygens (including phenoxy) is 3. The van der Waals surface area contributed by atoms with Crippen molar-refractivity contribution in [2.45, 2.75) is 6.61 Å². The van der Waals surface area contributed by atoms with E-state index in [2.05, 4.69) is 16.0 Å². The van der Waals surface area contributed by atoms with Crippen molar-refractivity contribution in [1.82, 2.24) is 9.97 Å². The van der Waals surface area contributed by atoms with E-state index in [1.165, 1.54) is 20.3 Å². The van der Waals surface area contributed by atoms with Crippen molar-refractivity contribution in [2.24, 2.45) is 0 Å². The van der Waals surface area contributed by atoms with Gasteiger partial charge in [0.05, 0.1) is 30.8 Å². The molecule has 1 N–H and O–H groups in total. The first-order valence-corrected chi connectivity index (χ1v) is 9.82. The van der Waals surface area contributed by atoms with Gasteiger partial charge in [0.15, 0.2) is 11.5 Å². The van der Waals surface area contributed by atoms with Crippen LogP contribution >= 0.6 is 0 Å². The van der Waals surface area contributed by atoms with Crippen molar-refractivity contribution < 1.29 is 18.6 Å². The van der Waals surface area contributed by atoms with E-state index in [1.807, 2.05) is 24.3 Å². The van der Waals surface area contributed by atoms with Crippen molar-refractivity contribution in [1.29, 1.82) is 5.26 Å². The molecule has 0 aliphatic carbocycles. The third kappa shape index (κ3) is 4.25. The maximum atomic E-state index is 14.0. The molecule has 4 aromatic rings. The van der Waals surface area contributed by atoms with Crippen LogP contribution in [0.4, 0.5) is 4.39 Å². The highest BCUT2D eigenvalue weighted by Gasteiger charge is 2.16. The summed E-state index contributed by atoms with van der Waals surface area (Å²) in [6.07, 6.45) is 1.68. The Hall–Kier alpha value is -4.31. The van der Waals surface area contributed by atoms with Gasteiger partial charge in [-0.05, 0) is 42.0 Å². The van der Waals surface area contributed by atoms with Crippen LogP contribution in [0.3, 0.4) is 0 Å². The zero-order chi connectivity index (χ0) is 22.5. The Labute approximate surface area is 184 Å². The van der Waals surface area contributed by atoms with Crippen LogP contribution in [0.1, 0.15) is 17.0 Å². The zero-order valence-electron chi connectivity index (χ0n) is 17.6. The fourth-order valence-corrected chi connectivity index (χ4v) is 3.29. The van der Waals surface area contributed by atoms with E-state index < -0.39 is 0 Å². The van der Waals surface area contributed by atoms with Gasteiger partial charge in [0.1, 0.15) is 24.3 Å². The second-order valence-corrected chi connectivity index (χ2v) is 6.91. The third-order valence-electron chi connectivity index (χ3n) is 4.89. The lowest BCUT2D eigenvalue weighted by atomic mass is 10.1. The number of aromatic nitrogens is 2. The largest absolute Gasteiger partial charge is 0.493 e. The summed E-state index contributed by atoms with van der Waals surface area (Å²) in [5.41, 5.74) is 3.04. The maximum Gasteiger partial charge on any atom is 0.203 e. The maximum absolute atomic E-state index is 14.0. The Morgan fingerprint density at radius 1 is 1.06 bits per heavy atom. The molecule has 1 heterocycles. The van der Waals surface area contributed by atoms with E-state index in [-0.39, 0.29) is 12.4 Å². The predicted octanol–water partition coefficient (Wildman–Crippen LogP) is 5.36. The number of H-pyrrole nitrogens is 1. The SMILES string of the molecule is COc1cc(/C=C(\C#N)c2nc3ccccc3[nH]2)cc(OC)c1OCc1ccccc1F. The Morgan fingerprint density at radius 2 is 1.75 bits per heavy atom. The number of imidazole rings is 1. The highest BCUT2D eigenvalue weighted by atomic mass is 19.1. The summed E-state index contributed by atoms with van der Waals surface area (Å²) in [5.74, 6) is 1.25. The molecule has 0 fully saturated rings.